The molecule has 0 radical (unpaired) electrons. The van der Waals surface area contributed by atoms with E-state index < -0.39 is 0 Å². The van der Waals surface area contributed by atoms with Crippen LogP contribution < -0.4 is 0 Å². The number of H-pyrrole nitrogens is 1. The van der Waals surface area contributed by atoms with Gasteiger partial charge in [-0.2, -0.15) is 0 Å². The van der Waals surface area contributed by atoms with Gasteiger partial charge in [0.2, 0.25) is 0 Å². The van der Waals surface area contributed by atoms with Crippen LogP contribution in [0.4, 0.5) is 0 Å². The molecule has 2 heterocycles. The normalized spacial score (nSPS) is 10.9. The van der Waals surface area contributed by atoms with Gasteiger partial charge in [-0.05, 0) is 18.6 Å². The highest BCUT2D eigenvalue weighted by Gasteiger charge is 2.07. The summed E-state index contributed by atoms with van der Waals surface area (Å²) < 4.78 is 0. The summed E-state index contributed by atoms with van der Waals surface area (Å²) in [5.41, 5.74) is 4.43. The Bertz CT molecular complexity index is 686. The molecule has 0 fully saturated rings. The minimum Gasteiger partial charge on any atom is -0.346 e. The number of rotatable bonds is 1. The lowest BCUT2D eigenvalue weighted by Crippen LogP contribution is -1.79. The zero-order valence-corrected chi connectivity index (χ0v) is 10.1. The maximum atomic E-state index is 5.99. The zero-order chi connectivity index (χ0) is 11.8. The molecule has 0 aliphatic carbocycles. The predicted molar refractivity (Wildman–Crippen MR) is 71.3 cm³/mol. The molecule has 3 heteroatoms. The van der Waals surface area contributed by atoms with Crippen molar-refractivity contribution in [3.8, 4) is 11.1 Å². The molecule has 2 nitrogen and oxygen atoms in total. The number of fused-ring (bicyclic) bond motifs is 1. The molecular weight excluding hydrogens is 232 g/mol. The molecule has 0 amide bonds. The molecule has 3 aromatic rings. The molecule has 0 unspecified atom stereocenters. The lowest BCUT2D eigenvalue weighted by Gasteiger charge is -2.01. The molecule has 2 aromatic heterocycles. The van der Waals surface area contributed by atoms with Crippen LogP contribution >= 0.6 is 11.6 Å². The maximum absolute atomic E-state index is 5.99. The summed E-state index contributed by atoms with van der Waals surface area (Å²) in [6, 6.07) is 10.3. The molecule has 0 atom stereocenters. The second kappa shape index (κ2) is 3.90. The smallest absolute Gasteiger partial charge is 0.137 e. The molecule has 1 aromatic carbocycles. The average molecular weight is 243 g/mol. The van der Waals surface area contributed by atoms with E-state index in [-0.39, 0.29) is 0 Å². The van der Waals surface area contributed by atoms with Crippen LogP contribution in [-0.2, 0) is 0 Å². The van der Waals surface area contributed by atoms with Crippen molar-refractivity contribution in [2.24, 2.45) is 0 Å². The monoisotopic (exact) mass is 242 g/mol. The standard InChI is InChI=1S/C14H11ClN2/c1-9-3-2-4-10(5-9)13-8-17-14-12(13)6-11(15)7-16-14/h2-8H,1H3,(H,16,17). The van der Waals surface area contributed by atoms with Crippen LogP contribution in [0.15, 0.2) is 42.7 Å². The zero-order valence-electron chi connectivity index (χ0n) is 9.37. The third-order valence-electron chi connectivity index (χ3n) is 2.83. The number of nitrogens with one attached hydrogen (secondary N) is 1. The molecule has 0 spiro atoms. The fourth-order valence-corrected chi connectivity index (χ4v) is 2.19. The first-order valence-corrected chi connectivity index (χ1v) is 5.81. The first kappa shape index (κ1) is 10.4. The van der Waals surface area contributed by atoms with E-state index in [9.17, 15) is 0 Å². The van der Waals surface area contributed by atoms with Crippen molar-refractivity contribution in [2.75, 3.05) is 0 Å². The number of benzene rings is 1. The Morgan fingerprint density at radius 2 is 2.12 bits per heavy atom. The number of halogens is 1. The predicted octanol–water partition coefficient (Wildman–Crippen LogP) is 4.19. The van der Waals surface area contributed by atoms with Crippen molar-refractivity contribution >= 4 is 22.6 Å². The van der Waals surface area contributed by atoms with Crippen LogP contribution in [0.5, 0.6) is 0 Å². The van der Waals surface area contributed by atoms with Gasteiger partial charge in [-0.3, -0.25) is 0 Å². The quantitative estimate of drug-likeness (QED) is 0.681. The minimum absolute atomic E-state index is 0.658. The van der Waals surface area contributed by atoms with Gasteiger partial charge < -0.3 is 4.98 Å². The highest BCUT2D eigenvalue weighted by atomic mass is 35.5. The highest BCUT2D eigenvalue weighted by molar-refractivity contribution is 6.31. The second-order valence-electron chi connectivity index (χ2n) is 4.12. The second-order valence-corrected chi connectivity index (χ2v) is 4.56. The SMILES string of the molecule is Cc1cccc(-c2c[nH]c3ncc(Cl)cc23)c1. The van der Waals surface area contributed by atoms with E-state index in [4.69, 9.17) is 11.6 Å². The van der Waals surface area contributed by atoms with Gasteiger partial charge in [0.1, 0.15) is 5.65 Å². The molecule has 3 rings (SSSR count). The largest absolute Gasteiger partial charge is 0.346 e. The van der Waals surface area contributed by atoms with Crippen molar-refractivity contribution in [3.05, 3.63) is 53.3 Å². The third kappa shape index (κ3) is 1.81. The topological polar surface area (TPSA) is 28.7 Å². The van der Waals surface area contributed by atoms with Crippen molar-refractivity contribution in [3.63, 3.8) is 0 Å². The van der Waals surface area contributed by atoms with E-state index in [2.05, 4.69) is 41.2 Å². The lowest BCUT2D eigenvalue weighted by atomic mass is 10.0. The number of pyridine rings is 1. The molecular formula is C14H11ClN2. The van der Waals surface area contributed by atoms with Gasteiger partial charge in [-0.1, -0.05) is 41.4 Å². The number of hydrogen-bond donors (Lipinski definition) is 1. The molecule has 17 heavy (non-hydrogen) atoms. The fourth-order valence-electron chi connectivity index (χ4n) is 2.03. The molecule has 0 bridgehead atoms. The van der Waals surface area contributed by atoms with E-state index in [0.717, 1.165) is 16.6 Å². The lowest BCUT2D eigenvalue weighted by molar-refractivity contribution is 1.33. The first-order valence-electron chi connectivity index (χ1n) is 5.44. The number of hydrogen-bond acceptors (Lipinski definition) is 1. The van der Waals surface area contributed by atoms with Gasteiger partial charge in [-0.25, -0.2) is 4.98 Å². The first-order chi connectivity index (χ1) is 8.24. The number of aromatic amines is 1. The summed E-state index contributed by atoms with van der Waals surface area (Å²) >= 11 is 5.99. The summed E-state index contributed by atoms with van der Waals surface area (Å²) in [6.45, 7) is 2.09. The Kier molecular flexibility index (Phi) is 2.37. The molecule has 0 saturated heterocycles. The summed E-state index contributed by atoms with van der Waals surface area (Å²) in [7, 11) is 0. The van der Waals surface area contributed by atoms with E-state index in [1.807, 2.05) is 12.3 Å². The molecule has 0 aliphatic rings. The molecule has 1 N–H and O–H groups in total. The van der Waals surface area contributed by atoms with Gasteiger partial charge in [0, 0.05) is 23.3 Å². The maximum Gasteiger partial charge on any atom is 0.137 e. The van der Waals surface area contributed by atoms with Gasteiger partial charge >= 0.3 is 0 Å². The van der Waals surface area contributed by atoms with Crippen LogP contribution in [0, 0.1) is 6.92 Å². The molecule has 84 valence electrons. The van der Waals surface area contributed by atoms with Gasteiger partial charge in [-0.15, -0.1) is 0 Å². The van der Waals surface area contributed by atoms with Crippen LogP contribution in [0.1, 0.15) is 5.56 Å². The van der Waals surface area contributed by atoms with Crippen molar-refractivity contribution in [2.45, 2.75) is 6.92 Å². The van der Waals surface area contributed by atoms with E-state index in [1.165, 1.54) is 11.1 Å². The molecule has 0 aliphatic heterocycles. The Morgan fingerprint density at radius 1 is 1.24 bits per heavy atom. The van der Waals surface area contributed by atoms with Crippen LogP contribution in [-0.4, -0.2) is 9.97 Å². The summed E-state index contributed by atoms with van der Waals surface area (Å²) in [5, 5.41) is 1.72. The number of nitrogens with zero attached hydrogens (tertiary/aromatic N) is 1. The Labute approximate surface area is 104 Å². The average Bonchev–Trinajstić information content (AvgIpc) is 2.71. The fraction of sp³-hybridized carbons (Fsp3) is 0.0714. The van der Waals surface area contributed by atoms with E-state index >= 15 is 0 Å². The van der Waals surface area contributed by atoms with E-state index in [1.54, 1.807) is 6.20 Å². The Balaban J connectivity index is 2.27. The summed E-state index contributed by atoms with van der Waals surface area (Å²) in [4.78, 5) is 7.43. The van der Waals surface area contributed by atoms with Crippen LogP contribution in [0.3, 0.4) is 0 Å². The highest BCUT2D eigenvalue weighted by Crippen LogP contribution is 2.29. The van der Waals surface area contributed by atoms with Crippen molar-refractivity contribution < 1.29 is 0 Å². The van der Waals surface area contributed by atoms with Gasteiger partial charge in [0.05, 0.1) is 5.02 Å². The van der Waals surface area contributed by atoms with Crippen molar-refractivity contribution in [1.82, 2.24) is 9.97 Å². The third-order valence-corrected chi connectivity index (χ3v) is 3.03. The Hall–Kier alpha value is -1.80. The van der Waals surface area contributed by atoms with Crippen LogP contribution in [0.25, 0.3) is 22.2 Å². The Morgan fingerprint density at radius 3 is 2.94 bits per heavy atom. The van der Waals surface area contributed by atoms with Gasteiger partial charge in [0.15, 0.2) is 0 Å². The minimum atomic E-state index is 0.658. The molecule has 0 saturated carbocycles. The van der Waals surface area contributed by atoms with E-state index in [0.29, 0.717) is 5.02 Å². The van der Waals surface area contributed by atoms with Gasteiger partial charge in [0.25, 0.3) is 0 Å². The van der Waals surface area contributed by atoms with Crippen molar-refractivity contribution in [1.29, 1.82) is 0 Å². The van der Waals surface area contributed by atoms with Crippen LogP contribution in [0.2, 0.25) is 5.02 Å². The number of aryl methyl sites for hydroxylation is 1. The summed E-state index contributed by atoms with van der Waals surface area (Å²) in [6.07, 6.45) is 3.63. The number of aromatic nitrogens is 2. The summed E-state index contributed by atoms with van der Waals surface area (Å²) in [5.74, 6) is 0.